The Morgan fingerprint density at radius 3 is 2.35 bits per heavy atom. The van der Waals surface area contributed by atoms with Gasteiger partial charge in [0.25, 0.3) is 0 Å². The molecule has 1 saturated heterocycles. The molecule has 0 spiro atoms. The molecule has 1 aliphatic heterocycles. The molecule has 19 heteroatoms. The van der Waals surface area contributed by atoms with Gasteiger partial charge in [-0.1, -0.05) is 44.9 Å². The van der Waals surface area contributed by atoms with Gasteiger partial charge < -0.3 is 38.7 Å². The molecule has 1 aliphatic rings. The Balaban J connectivity index is 1.73. The number of nitrogens with one attached hydrogen (secondary N) is 1. The molecule has 0 bridgehead atoms. The second-order valence-electron chi connectivity index (χ2n) is 11.5. The number of nitrogens with two attached hydrogens (primary N) is 1. The van der Waals surface area contributed by atoms with E-state index >= 15 is 0 Å². The molecule has 4 rings (SSSR count). The van der Waals surface area contributed by atoms with Crippen molar-refractivity contribution >= 4 is 37.4 Å². The summed E-state index contributed by atoms with van der Waals surface area (Å²) in [5.41, 5.74) is 4.05. The third-order valence-corrected chi connectivity index (χ3v) is 9.75. The van der Waals surface area contributed by atoms with Crippen molar-refractivity contribution in [1.82, 2.24) is 19.7 Å². The SMILES string of the molecule is CCOC(=O)O[C@H]1[C@@H](OC(=O)OCC)[C@](C#N)(c2ccc3c(N)ncnn23)O[C@@H]1COP(=O)(N[C@@H](C)C(=O)OCC(CC)CC)Oc1ccccc1. The van der Waals surface area contributed by atoms with Crippen molar-refractivity contribution in [1.29, 1.82) is 5.26 Å². The van der Waals surface area contributed by atoms with E-state index in [-0.39, 0.29) is 48.5 Å². The molecule has 6 atom stereocenters. The number of carbonyl (C=O) groups is 3. The lowest BCUT2D eigenvalue weighted by Gasteiger charge is -2.28. The Kier molecular flexibility index (Phi) is 13.8. The fourth-order valence-corrected chi connectivity index (χ4v) is 6.84. The van der Waals surface area contributed by atoms with Gasteiger partial charge in [0.2, 0.25) is 5.60 Å². The molecule has 3 heterocycles. The summed E-state index contributed by atoms with van der Waals surface area (Å²) in [5.74, 6) is -0.386. The van der Waals surface area contributed by atoms with Crippen LogP contribution in [0.4, 0.5) is 15.4 Å². The zero-order chi connectivity index (χ0) is 37.9. The summed E-state index contributed by atoms with van der Waals surface area (Å²) >= 11 is 0. The molecular formula is C33H43N6O12P. The van der Waals surface area contributed by atoms with E-state index in [2.05, 4.69) is 15.2 Å². The Morgan fingerprint density at radius 1 is 1.04 bits per heavy atom. The number of nitrogen functional groups attached to an aromatic ring is 1. The number of anilines is 1. The minimum atomic E-state index is -4.51. The van der Waals surface area contributed by atoms with Gasteiger partial charge in [0.1, 0.15) is 35.8 Å². The number of para-hydroxylation sites is 1. The summed E-state index contributed by atoms with van der Waals surface area (Å²) in [5, 5.41) is 17.6. The van der Waals surface area contributed by atoms with Gasteiger partial charge >= 0.3 is 26.0 Å². The van der Waals surface area contributed by atoms with Gasteiger partial charge in [-0.25, -0.2) is 23.7 Å². The highest BCUT2D eigenvalue weighted by Gasteiger charge is 2.63. The molecule has 0 radical (unpaired) electrons. The molecule has 282 valence electrons. The Hall–Kier alpha value is -4.95. The van der Waals surface area contributed by atoms with Gasteiger partial charge in [-0.3, -0.25) is 9.32 Å². The molecule has 0 amide bonds. The number of hydrogen-bond acceptors (Lipinski definition) is 16. The van der Waals surface area contributed by atoms with Crippen LogP contribution in [0.15, 0.2) is 48.8 Å². The third-order valence-electron chi connectivity index (χ3n) is 8.11. The van der Waals surface area contributed by atoms with Crippen LogP contribution < -0.4 is 15.3 Å². The summed E-state index contributed by atoms with van der Waals surface area (Å²) < 4.78 is 60.2. The maximum Gasteiger partial charge on any atom is 0.508 e. The van der Waals surface area contributed by atoms with E-state index in [1.165, 1.54) is 49.6 Å². The number of aromatic nitrogens is 3. The van der Waals surface area contributed by atoms with Crippen LogP contribution in [-0.4, -0.2) is 83.7 Å². The highest BCUT2D eigenvalue weighted by Crippen LogP contribution is 2.48. The molecule has 18 nitrogen and oxygen atoms in total. The summed E-state index contributed by atoms with van der Waals surface area (Å²) in [7, 11) is -4.51. The smallest absolute Gasteiger partial charge is 0.464 e. The number of esters is 1. The normalized spacial score (nSPS) is 21.4. The zero-order valence-corrected chi connectivity index (χ0v) is 30.4. The molecule has 2 aromatic heterocycles. The van der Waals surface area contributed by atoms with Crippen LogP contribution in [0.1, 0.15) is 53.2 Å². The highest BCUT2D eigenvalue weighted by molar-refractivity contribution is 7.52. The number of nitriles is 1. The van der Waals surface area contributed by atoms with E-state index in [1.54, 1.807) is 18.2 Å². The molecule has 3 N–H and O–H groups in total. The van der Waals surface area contributed by atoms with Crippen molar-refractivity contribution in [2.45, 2.75) is 77.4 Å². The summed E-state index contributed by atoms with van der Waals surface area (Å²) in [4.78, 5) is 42.5. The molecule has 1 fully saturated rings. The van der Waals surface area contributed by atoms with Crippen molar-refractivity contribution < 1.29 is 56.4 Å². The molecule has 0 aliphatic carbocycles. The van der Waals surface area contributed by atoms with Gasteiger partial charge in [0, 0.05) is 0 Å². The Bertz CT molecular complexity index is 1770. The molecular weight excluding hydrogens is 703 g/mol. The maximum absolute atomic E-state index is 14.4. The number of rotatable bonds is 17. The first-order chi connectivity index (χ1) is 24.9. The highest BCUT2D eigenvalue weighted by atomic mass is 31.2. The van der Waals surface area contributed by atoms with Gasteiger partial charge in [0.05, 0.1) is 32.1 Å². The average molecular weight is 747 g/mol. The second kappa shape index (κ2) is 18.0. The quantitative estimate of drug-likeness (QED) is 0.108. The molecule has 1 unspecified atom stereocenters. The zero-order valence-electron chi connectivity index (χ0n) is 29.5. The fourth-order valence-electron chi connectivity index (χ4n) is 5.34. The van der Waals surface area contributed by atoms with Crippen LogP contribution >= 0.6 is 7.75 Å². The van der Waals surface area contributed by atoms with Gasteiger partial charge in [-0.05, 0) is 51.0 Å². The predicted octanol–water partition coefficient (Wildman–Crippen LogP) is 4.67. The Morgan fingerprint density at radius 2 is 1.71 bits per heavy atom. The number of carbonyl (C=O) groups excluding carboxylic acids is 3. The average Bonchev–Trinajstić information content (AvgIpc) is 3.69. The largest absolute Gasteiger partial charge is 0.508 e. The van der Waals surface area contributed by atoms with Crippen molar-refractivity contribution in [3.63, 3.8) is 0 Å². The Labute approximate surface area is 300 Å². The first-order valence-corrected chi connectivity index (χ1v) is 18.3. The van der Waals surface area contributed by atoms with E-state index in [9.17, 15) is 24.2 Å². The summed E-state index contributed by atoms with van der Waals surface area (Å²) in [6, 6.07) is 11.8. The van der Waals surface area contributed by atoms with E-state index in [0.717, 1.165) is 19.2 Å². The second-order valence-corrected chi connectivity index (χ2v) is 13.2. The molecule has 3 aromatic rings. The maximum atomic E-state index is 14.4. The lowest BCUT2D eigenvalue weighted by atomic mass is 9.92. The van der Waals surface area contributed by atoms with Crippen molar-refractivity contribution in [3.05, 3.63) is 54.5 Å². The van der Waals surface area contributed by atoms with Crippen molar-refractivity contribution in [2.24, 2.45) is 5.92 Å². The third kappa shape index (κ3) is 9.28. The first-order valence-electron chi connectivity index (χ1n) is 16.7. The van der Waals surface area contributed by atoms with Crippen LogP contribution in [0.25, 0.3) is 5.52 Å². The molecule has 0 saturated carbocycles. The number of nitrogens with zero attached hydrogens (tertiary/aromatic N) is 4. The van der Waals surface area contributed by atoms with E-state index in [1.807, 2.05) is 19.9 Å². The summed E-state index contributed by atoms with van der Waals surface area (Å²) in [6.45, 7) is 7.72. The minimum absolute atomic E-state index is 0.00373. The molecule has 1 aromatic carbocycles. The lowest BCUT2D eigenvalue weighted by molar-refractivity contribution is -0.146. The van der Waals surface area contributed by atoms with Crippen molar-refractivity contribution in [3.8, 4) is 11.8 Å². The van der Waals surface area contributed by atoms with Crippen LogP contribution in [-0.2, 0) is 47.9 Å². The van der Waals surface area contributed by atoms with Crippen LogP contribution in [0.5, 0.6) is 5.75 Å². The van der Waals surface area contributed by atoms with Crippen LogP contribution in [0, 0.1) is 17.2 Å². The fraction of sp³-hybridized carbons (Fsp3) is 0.515. The molecule has 52 heavy (non-hydrogen) atoms. The van der Waals surface area contributed by atoms with Crippen LogP contribution in [0.3, 0.4) is 0 Å². The van der Waals surface area contributed by atoms with Gasteiger partial charge in [0.15, 0.2) is 18.0 Å². The number of fused-ring (bicyclic) bond motifs is 1. The number of benzene rings is 1. The standard InChI is InChI=1S/C33H43N6O12P/c1-6-22(7-2)17-46-30(40)21(5)38-52(43,51-23-13-11-10-12-14-23)47-18-25-27(48-31(41)44-8-3)28(49-32(42)45-9-4)33(19-34,50-25)26-16-15-24-29(35)36-20-37-39(24)26/h10-16,20-22,25,27-28H,6-9,17-18H2,1-5H3,(H,38,43)(H2,35,36,37)/t21-,25+,27+,28+,33-,52?/m0/s1. The predicted molar refractivity (Wildman–Crippen MR) is 182 cm³/mol. The van der Waals surface area contributed by atoms with Gasteiger partial charge in [-0.15, -0.1) is 0 Å². The topological polar surface area (TPSA) is 234 Å². The minimum Gasteiger partial charge on any atom is -0.464 e. The number of hydrogen-bond donors (Lipinski definition) is 2. The summed E-state index contributed by atoms with van der Waals surface area (Å²) in [6.07, 6.45) is -4.57. The van der Waals surface area contributed by atoms with E-state index < -0.39 is 62.6 Å². The van der Waals surface area contributed by atoms with Crippen molar-refractivity contribution in [2.75, 3.05) is 32.2 Å². The monoisotopic (exact) mass is 746 g/mol. The first kappa shape index (κ1) is 39.8. The van der Waals surface area contributed by atoms with Crippen LogP contribution in [0.2, 0.25) is 0 Å². The van der Waals surface area contributed by atoms with E-state index in [0.29, 0.717) is 0 Å². The van der Waals surface area contributed by atoms with Gasteiger partial charge in [-0.2, -0.15) is 15.4 Å². The van der Waals surface area contributed by atoms with E-state index in [4.69, 9.17) is 43.2 Å². The lowest BCUT2D eigenvalue weighted by Crippen LogP contribution is -2.46. The number of ether oxygens (including phenoxy) is 6.